The third kappa shape index (κ3) is 4.25. The quantitative estimate of drug-likeness (QED) is 0.892. The molecule has 0 aromatic heterocycles. The first kappa shape index (κ1) is 15.9. The van der Waals surface area contributed by atoms with E-state index in [-0.39, 0.29) is 5.91 Å². The van der Waals surface area contributed by atoms with Crippen LogP contribution >= 0.6 is 0 Å². The SMILES string of the molecule is COc1cccc(CC(=O)NCc2cc(C)ccc2OC)c1. The van der Waals surface area contributed by atoms with Crippen LogP contribution in [0.4, 0.5) is 0 Å². The van der Waals surface area contributed by atoms with E-state index in [1.807, 2.05) is 49.4 Å². The van der Waals surface area contributed by atoms with E-state index < -0.39 is 0 Å². The Morgan fingerprint density at radius 2 is 1.91 bits per heavy atom. The fourth-order valence-corrected chi connectivity index (χ4v) is 2.27. The molecule has 0 saturated carbocycles. The highest BCUT2D eigenvalue weighted by molar-refractivity contribution is 5.78. The van der Waals surface area contributed by atoms with Gasteiger partial charge < -0.3 is 14.8 Å². The Kier molecular flexibility index (Phi) is 5.42. The minimum absolute atomic E-state index is 0.0307. The van der Waals surface area contributed by atoms with E-state index in [0.717, 1.165) is 28.2 Å². The van der Waals surface area contributed by atoms with Gasteiger partial charge in [-0.25, -0.2) is 0 Å². The molecule has 0 radical (unpaired) electrons. The van der Waals surface area contributed by atoms with Crippen LogP contribution in [0, 0.1) is 6.92 Å². The number of methoxy groups -OCH3 is 2. The zero-order valence-corrected chi connectivity index (χ0v) is 13.2. The van der Waals surface area contributed by atoms with E-state index in [9.17, 15) is 4.79 Å². The maximum Gasteiger partial charge on any atom is 0.224 e. The summed E-state index contributed by atoms with van der Waals surface area (Å²) in [5.41, 5.74) is 3.03. The van der Waals surface area contributed by atoms with Crippen molar-refractivity contribution in [2.45, 2.75) is 19.9 Å². The largest absolute Gasteiger partial charge is 0.497 e. The third-order valence-corrected chi connectivity index (χ3v) is 3.41. The lowest BCUT2D eigenvalue weighted by Crippen LogP contribution is -2.24. The molecule has 0 fully saturated rings. The first-order valence-corrected chi connectivity index (χ1v) is 7.15. The number of carbonyl (C=O) groups is 1. The second-order valence-electron chi connectivity index (χ2n) is 5.12. The van der Waals surface area contributed by atoms with Crippen LogP contribution < -0.4 is 14.8 Å². The van der Waals surface area contributed by atoms with Crippen LogP contribution in [-0.4, -0.2) is 20.1 Å². The van der Waals surface area contributed by atoms with Gasteiger partial charge in [-0.05, 0) is 30.7 Å². The molecule has 2 aromatic rings. The molecule has 0 heterocycles. The van der Waals surface area contributed by atoms with Gasteiger partial charge in [-0.3, -0.25) is 4.79 Å². The topological polar surface area (TPSA) is 47.6 Å². The van der Waals surface area contributed by atoms with Gasteiger partial charge in [-0.2, -0.15) is 0 Å². The Labute approximate surface area is 131 Å². The monoisotopic (exact) mass is 299 g/mol. The number of ether oxygens (including phenoxy) is 2. The van der Waals surface area contributed by atoms with Crippen molar-refractivity contribution in [3.63, 3.8) is 0 Å². The first-order chi connectivity index (χ1) is 10.6. The maximum atomic E-state index is 12.1. The van der Waals surface area contributed by atoms with E-state index in [2.05, 4.69) is 5.32 Å². The van der Waals surface area contributed by atoms with E-state index >= 15 is 0 Å². The van der Waals surface area contributed by atoms with Crippen molar-refractivity contribution in [3.05, 3.63) is 59.2 Å². The molecule has 4 nitrogen and oxygen atoms in total. The summed E-state index contributed by atoms with van der Waals surface area (Å²) in [6, 6.07) is 13.4. The second kappa shape index (κ2) is 7.50. The van der Waals surface area contributed by atoms with Crippen LogP contribution in [-0.2, 0) is 17.8 Å². The predicted molar refractivity (Wildman–Crippen MR) is 86.3 cm³/mol. The summed E-state index contributed by atoms with van der Waals surface area (Å²) in [6.07, 6.45) is 0.325. The number of aryl methyl sites for hydroxylation is 1. The maximum absolute atomic E-state index is 12.1. The van der Waals surface area contributed by atoms with Gasteiger partial charge in [-0.1, -0.05) is 29.8 Å². The molecule has 0 atom stereocenters. The van der Waals surface area contributed by atoms with Gasteiger partial charge in [-0.15, -0.1) is 0 Å². The van der Waals surface area contributed by atoms with Crippen molar-refractivity contribution in [2.75, 3.05) is 14.2 Å². The average Bonchev–Trinajstić information content (AvgIpc) is 2.53. The Hall–Kier alpha value is -2.49. The summed E-state index contributed by atoms with van der Waals surface area (Å²) in [5.74, 6) is 1.51. The number of carbonyl (C=O) groups excluding carboxylic acids is 1. The van der Waals surface area contributed by atoms with Gasteiger partial charge in [0, 0.05) is 12.1 Å². The van der Waals surface area contributed by atoms with Crippen molar-refractivity contribution < 1.29 is 14.3 Å². The Morgan fingerprint density at radius 1 is 1.09 bits per heavy atom. The summed E-state index contributed by atoms with van der Waals surface area (Å²) >= 11 is 0. The van der Waals surface area contributed by atoms with Gasteiger partial charge in [0.1, 0.15) is 11.5 Å². The summed E-state index contributed by atoms with van der Waals surface area (Å²) in [7, 11) is 3.25. The molecule has 0 aliphatic heterocycles. The smallest absolute Gasteiger partial charge is 0.224 e. The fourth-order valence-electron chi connectivity index (χ4n) is 2.27. The van der Waals surface area contributed by atoms with Crippen molar-refractivity contribution >= 4 is 5.91 Å². The number of benzene rings is 2. The molecule has 2 aromatic carbocycles. The minimum Gasteiger partial charge on any atom is -0.497 e. The molecule has 4 heteroatoms. The molecule has 0 bridgehead atoms. The van der Waals surface area contributed by atoms with Gasteiger partial charge in [0.25, 0.3) is 0 Å². The van der Waals surface area contributed by atoms with E-state index in [1.165, 1.54) is 0 Å². The number of nitrogens with one attached hydrogen (secondary N) is 1. The number of rotatable bonds is 6. The molecule has 22 heavy (non-hydrogen) atoms. The normalized spacial score (nSPS) is 10.1. The van der Waals surface area contributed by atoms with Crippen LogP contribution in [0.15, 0.2) is 42.5 Å². The summed E-state index contributed by atoms with van der Waals surface area (Å²) in [5, 5.41) is 2.93. The molecule has 0 saturated heterocycles. The van der Waals surface area contributed by atoms with Crippen LogP contribution in [0.25, 0.3) is 0 Å². The standard InChI is InChI=1S/C18H21NO3/c1-13-7-8-17(22-3)15(9-13)12-19-18(20)11-14-5-4-6-16(10-14)21-2/h4-10H,11-12H2,1-3H3,(H,19,20). The lowest BCUT2D eigenvalue weighted by atomic mass is 10.1. The molecular formula is C18H21NO3. The Balaban J connectivity index is 1.96. The van der Waals surface area contributed by atoms with Gasteiger partial charge >= 0.3 is 0 Å². The molecule has 0 spiro atoms. The number of hydrogen-bond acceptors (Lipinski definition) is 3. The highest BCUT2D eigenvalue weighted by Gasteiger charge is 2.07. The van der Waals surface area contributed by atoms with Gasteiger partial charge in [0.2, 0.25) is 5.91 Å². The molecule has 1 N–H and O–H groups in total. The van der Waals surface area contributed by atoms with Crippen LogP contribution in [0.2, 0.25) is 0 Å². The third-order valence-electron chi connectivity index (χ3n) is 3.41. The zero-order chi connectivity index (χ0) is 15.9. The molecule has 0 unspecified atom stereocenters. The molecular weight excluding hydrogens is 278 g/mol. The highest BCUT2D eigenvalue weighted by atomic mass is 16.5. The van der Waals surface area contributed by atoms with Gasteiger partial charge in [0.15, 0.2) is 0 Å². The van der Waals surface area contributed by atoms with E-state index in [0.29, 0.717) is 13.0 Å². The lowest BCUT2D eigenvalue weighted by Gasteiger charge is -2.11. The predicted octanol–water partition coefficient (Wildman–Crippen LogP) is 2.87. The van der Waals surface area contributed by atoms with E-state index in [4.69, 9.17) is 9.47 Å². The highest BCUT2D eigenvalue weighted by Crippen LogP contribution is 2.19. The van der Waals surface area contributed by atoms with Crippen LogP contribution in [0.1, 0.15) is 16.7 Å². The molecule has 116 valence electrons. The Morgan fingerprint density at radius 3 is 2.64 bits per heavy atom. The Bertz CT molecular complexity index is 653. The van der Waals surface area contributed by atoms with E-state index in [1.54, 1.807) is 14.2 Å². The van der Waals surface area contributed by atoms with Crippen molar-refractivity contribution in [3.8, 4) is 11.5 Å². The molecule has 2 rings (SSSR count). The van der Waals surface area contributed by atoms with Crippen LogP contribution in [0.5, 0.6) is 11.5 Å². The van der Waals surface area contributed by atoms with Crippen LogP contribution in [0.3, 0.4) is 0 Å². The van der Waals surface area contributed by atoms with Crippen molar-refractivity contribution in [1.82, 2.24) is 5.32 Å². The van der Waals surface area contributed by atoms with Crippen molar-refractivity contribution in [2.24, 2.45) is 0 Å². The summed E-state index contributed by atoms with van der Waals surface area (Å²) in [4.78, 5) is 12.1. The lowest BCUT2D eigenvalue weighted by molar-refractivity contribution is -0.120. The van der Waals surface area contributed by atoms with Gasteiger partial charge in [0.05, 0.1) is 20.6 Å². The summed E-state index contributed by atoms with van der Waals surface area (Å²) in [6.45, 7) is 2.47. The molecule has 0 aliphatic carbocycles. The zero-order valence-electron chi connectivity index (χ0n) is 13.2. The van der Waals surface area contributed by atoms with Crippen molar-refractivity contribution in [1.29, 1.82) is 0 Å². The minimum atomic E-state index is -0.0307. The first-order valence-electron chi connectivity index (χ1n) is 7.15. The molecule has 0 aliphatic rings. The number of hydrogen-bond donors (Lipinski definition) is 1. The number of amides is 1. The molecule has 1 amide bonds. The average molecular weight is 299 g/mol. The second-order valence-corrected chi connectivity index (χ2v) is 5.12. The fraction of sp³-hybridized carbons (Fsp3) is 0.278. The summed E-state index contributed by atoms with van der Waals surface area (Å²) < 4.78 is 10.5.